The fraction of sp³-hybridized carbons (Fsp3) is 0.333. The molecule has 3 N–H and O–H groups in total. The Morgan fingerprint density at radius 2 is 1.86 bits per heavy atom. The number of sulfonamides is 1. The molecule has 0 aliphatic heterocycles. The number of rotatable bonds is 2. The number of nitrogen functional groups attached to an aromatic ring is 1. The van der Waals surface area contributed by atoms with Gasteiger partial charge in [0, 0.05) is 5.69 Å². The van der Waals surface area contributed by atoms with Crippen LogP contribution in [0.5, 0.6) is 0 Å². The molecule has 0 aliphatic carbocycles. The molecule has 0 saturated heterocycles. The zero-order valence-electron chi connectivity index (χ0n) is 8.46. The molecule has 0 fully saturated rings. The molecule has 4 nitrogen and oxygen atoms in total. The lowest BCUT2D eigenvalue weighted by molar-refractivity contribution is 0.587. The fourth-order valence-electron chi connectivity index (χ4n) is 1.36. The molecule has 0 atom stereocenters. The van der Waals surface area contributed by atoms with Gasteiger partial charge in [0.05, 0.1) is 4.90 Å². The SMILES string of the molecule is CNS(=O)(=O)c1c(C)ccc(N)c1C. The number of nitrogens with two attached hydrogens (primary N) is 1. The van der Waals surface area contributed by atoms with Crippen LogP contribution in [0.1, 0.15) is 11.1 Å². The first kappa shape index (κ1) is 11.0. The number of nitrogens with one attached hydrogen (secondary N) is 1. The van der Waals surface area contributed by atoms with Gasteiger partial charge >= 0.3 is 0 Å². The van der Waals surface area contributed by atoms with E-state index in [0.717, 1.165) is 0 Å². The minimum absolute atomic E-state index is 0.278. The summed E-state index contributed by atoms with van der Waals surface area (Å²) in [4.78, 5) is 0.278. The van der Waals surface area contributed by atoms with Crippen molar-refractivity contribution in [2.75, 3.05) is 12.8 Å². The van der Waals surface area contributed by atoms with Gasteiger partial charge in [-0.05, 0) is 38.1 Å². The number of hydrogen-bond donors (Lipinski definition) is 2. The molecule has 0 radical (unpaired) electrons. The summed E-state index contributed by atoms with van der Waals surface area (Å²) in [5.74, 6) is 0. The quantitative estimate of drug-likeness (QED) is 0.715. The van der Waals surface area contributed by atoms with Gasteiger partial charge in [0.25, 0.3) is 0 Å². The van der Waals surface area contributed by atoms with Gasteiger partial charge in [-0.1, -0.05) is 6.07 Å². The summed E-state index contributed by atoms with van der Waals surface area (Å²) in [6, 6.07) is 3.41. The molecule has 5 heteroatoms. The van der Waals surface area contributed by atoms with Crippen molar-refractivity contribution in [1.82, 2.24) is 4.72 Å². The monoisotopic (exact) mass is 214 g/mol. The predicted molar refractivity (Wildman–Crippen MR) is 56.6 cm³/mol. The lowest BCUT2D eigenvalue weighted by atomic mass is 10.1. The Balaban J connectivity index is 3.56. The Labute approximate surface area is 84.2 Å². The van der Waals surface area contributed by atoms with Crippen molar-refractivity contribution in [3.63, 3.8) is 0 Å². The molecular formula is C9H14N2O2S. The lowest BCUT2D eigenvalue weighted by Gasteiger charge is -2.11. The summed E-state index contributed by atoms with van der Waals surface area (Å²) in [6.45, 7) is 3.45. The van der Waals surface area contributed by atoms with Gasteiger partial charge in [-0.25, -0.2) is 13.1 Å². The Hall–Kier alpha value is -1.07. The first-order valence-electron chi connectivity index (χ1n) is 4.19. The third kappa shape index (κ3) is 1.73. The van der Waals surface area contributed by atoms with E-state index < -0.39 is 10.0 Å². The van der Waals surface area contributed by atoms with Crippen LogP contribution < -0.4 is 10.5 Å². The molecule has 1 rings (SSSR count). The highest BCUT2D eigenvalue weighted by molar-refractivity contribution is 7.89. The highest BCUT2D eigenvalue weighted by Gasteiger charge is 2.18. The van der Waals surface area contributed by atoms with Crippen LogP contribution in [0.15, 0.2) is 17.0 Å². The van der Waals surface area contributed by atoms with E-state index in [2.05, 4.69) is 4.72 Å². The summed E-state index contributed by atoms with van der Waals surface area (Å²) in [5.41, 5.74) is 7.44. The average molecular weight is 214 g/mol. The third-order valence-electron chi connectivity index (χ3n) is 2.18. The van der Waals surface area contributed by atoms with Gasteiger partial charge in [0.1, 0.15) is 0 Å². The van der Waals surface area contributed by atoms with Crippen molar-refractivity contribution in [3.05, 3.63) is 23.3 Å². The highest BCUT2D eigenvalue weighted by Crippen LogP contribution is 2.23. The van der Waals surface area contributed by atoms with Crippen LogP contribution in [0.2, 0.25) is 0 Å². The molecule has 0 unspecified atom stereocenters. The van der Waals surface area contributed by atoms with Crippen LogP contribution in [-0.2, 0) is 10.0 Å². The second-order valence-electron chi connectivity index (χ2n) is 3.13. The van der Waals surface area contributed by atoms with Crippen molar-refractivity contribution >= 4 is 15.7 Å². The second kappa shape index (κ2) is 3.59. The molecule has 78 valence electrons. The standard InChI is InChI=1S/C9H14N2O2S/c1-6-4-5-8(10)7(2)9(6)14(12,13)11-3/h4-5,11H,10H2,1-3H3. The minimum Gasteiger partial charge on any atom is -0.398 e. The Morgan fingerprint density at radius 3 is 2.36 bits per heavy atom. The molecular weight excluding hydrogens is 200 g/mol. The lowest BCUT2D eigenvalue weighted by Crippen LogP contribution is -2.21. The maximum atomic E-state index is 11.6. The van der Waals surface area contributed by atoms with E-state index >= 15 is 0 Å². The summed E-state index contributed by atoms with van der Waals surface area (Å²) >= 11 is 0. The zero-order chi connectivity index (χ0) is 10.9. The van der Waals surface area contributed by atoms with E-state index in [9.17, 15) is 8.42 Å². The van der Waals surface area contributed by atoms with Gasteiger partial charge in [0.2, 0.25) is 10.0 Å². The molecule has 1 aromatic carbocycles. The van der Waals surface area contributed by atoms with Crippen LogP contribution in [0.4, 0.5) is 5.69 Å². The van der Waals surface area contributed by atoms with E-state index in [1.807, 2.05) is 0 Å². The first-order chi connectivity index (χ1) is 6.40. The maximum absolute atomic E-state index is 11.6. The van der Waals surface area contributed by atoms with Crippen molar-refractivity contribution < 1.29 is 8.42 Å². The summed E-state index contributed by atoms with van der Waals surface area (Å²) in [6.07, 6.45) is 0. The molecule has 0 aromatic heterocycles. The van der Waals surface area contributed by atoms with E-state index in [1.54, 1.807) is 26.0 Å². The molecule has 0 amide bonds. The van der Waals surface area contributed by atoms with Gasteiger partial charge in [-0.15, -0.1) is 0 Å². The summed E-state index contributed by atoms with van der Waals surface area (Å²) < 4.78 is 25.5. The summed E-state index contributed by atoms with van der Waals surface area (Å²) in [5, 5.41) is 0. The topological polar surface area (TPSA) is 72.2 Å². The minimum atomic E-state index is -3.41. The van der Waals surface area contributed by atoms with E-state index in [4.69, 9.17) is 5.73 Å². The smallest absolute Gasteiger partial charge is 0.240 e. The van der Waals surface area contributed by atoms with Crippen LogP contribution in [0, 0.1) is 13.8 Å². The van der Waals surface area contributed by atoms with Crippen molar-refractivity contribution in [2.24, 2.45) is 0 Å². The second-order valence-corrected chi connectivity index (χ2v) is 4.96. The van der Waals surface area contributed by atoms with E-state index in [1.165, 1.54) is 7.05 Å². The largest absolute Gasteiger partial charge is 0.398 e. The Morgan fingerprint density at radius 1 is 1.29 bits per heavy atom. The normalized spacial score (nSPS) is 11.6. The number of anilines is 1. The summed E-state index contributed by atoms with van der Waals surface area (Å²) in [7, 11) is -2.03. The average Bonchev–Trinajstić information content (AvgIpc) is 2.12. The van der Waals surface area contributed by atoms with Gasteiger partial charge < -0.3 is 5.73 Å². The molecule has 0 saturated carbocycles. The van der Waals surface area contributed by atoms with Crippen LogP contribution >= 0.6 is 0 Å². The Kier molecular flexibility index (Phi) is 2.82. The van der Waals surface area contributed by atoms with Crippen LogP contribution in [0.3, 0.4) is 0 Å². The third-order valence-corrected chi connectivity index (χ3v) is 3.89. The molecule has 1 aromatic rings. The van der Waals surface area contributed by atoms with E-state index in [-0.39, 0.29) is 4.90 Å². The predicted octanol–water partition coefficient (Wildman–Crippen LogP) is 0.794. The molecule has 0 bridgehead atoms. The van der Waals surface area contributed by atoms with Crippen molar-refractivity contribution in [2.45, 2.75) is 18.7 Å². The molecule has 14 heavy (non-hydrogen) atoms. The van der Waals surface area contributed by atoms with E-state index in [0.29, 0.717) is 16.8 Å². The molecule has 0 heterocycles. The van der Waals surface area contributed by atoms with Crippen molar-refractivity contribution in [3.8, 4) is 0 Å². The number of hydrogen-bond acceptors (Lipinski definition) is 3. The van der Waals surface area contributed by atoms with Crippen LogP contribution in [0.25, 0.3) is 0 Å². The van der Waals surface area contributed by atoms with Crippen LogP contribution in [-0.4, -0.2) is 15.5 Å². The van der Waals surface area contributed by atoms with Gasteiger partial charge in [0.15, 0.2) is 0 Å². The van der Waals surface area contributed by atoms with Gasteiger partial charge in [-0.2, -0.15) is 0 Å². The maximum Gasteiger partial charge on any atom is 0.240 e. The van der Waals surface area contributed by atoms with Gasteiger partial charge in [-0.3, -0.25) is 0 Å². The number of aryl methyl sites for hydroxylation is 1. The first-order valence-corrected chi connectivity index (χ1v) is 5.67. The van der Waals surface area contributed by atoms with Crippen molar-refractivity contribution in [1.29, 1.82) is 0 Å². The number of benzene rings is 1. The molecule has 0 aliphatic rings. The Bertz CT molecular complexity index is 452. The zero-order valence-corrected chi connectivity index (χ0v) is 9.27. The highest BCUT2D eigenvalue weighted by atomic mass is 32.2. The molecule has 0 spiro atoms. The fourth-order valence-corrected chi connectivity index (χ4v) is 2.57.